The molecule has 1 aromatic rings. The van der Waals surface area contributed by atoms with E-state index in [0.29, 0.717) is 35.3 Å². The fourth-order valence-corrected chi connectivity index (χ4v) is 3.50. The molecule has 2 saturated heterocycles. The minimum Gasteiger partial charge on any atom is -0.380 e. The predicted molar refractivity (Wildman–Crippen MR) is 70.0 cm³/mol. The van der Waals surface area contributed by atoms with E-state index in [4.69, 9.17) is 9.57 Å². The molecule has 1 atom stereocenters. The smallest absolute Gasteiger partial charge is 0.285 e. The van der Waals surface area contributed by atoms with Crippen LogP contribution in [-0.4, -0.2) is 41.5 Å². The van der Waals surface area contributed by atoms with Crippen LogP contribution in [0.2, 0.25) is 0 Å². The standard InChI is InChI=1S/C15H15NO5/c17-12-10-3-1-2-4-11(10)13(18)16(12)21-14(19)15-5-9(6-15)7-20-8-15/h1-4,9,14,19H,5-8H2. The minimum absolute atomic E-state index is 0.304. The third-order valence-corrected chi connectivity index (χ3v) is 4.62. The first-order valence-electron chi connectivity index (χ1n) is 7.01. The van der Waals surface area contributed by atoms with Crippen molar-refractivity contribution in [1.82, 2.24) is 5.06 Å². The second kappa shape index (κ2) is 4.37. The minimum atomic E-state index is -1.21. The Kier molecular flexibility index (Phi) is 2.69. The number of nitrogens with zero attached hydrogens (tertiary/aromatic N) is 1. The highest BCUT2D eigenvalue weighted by Crippen LogP contribution is 2.52. The van der Waals surface area contributed by atoms with Crippen LogP contribution in [-0.2, 0) is 9.57 Å². The van der Waals surface area contributed by atoms with Gasteiger partial charge in [0.2, 0.25) is 0 Å². The third kappa shape index (κ3) is 1.76. The molecule has 1 saturated carbocycles. The molecular weight excluding hydrogens is 274 g/mol. The molecule has 0 spiro atoms. The first-order chi connectivity index (χ1) is 10.1. The highest BCUT2D eigenvalue weighted by atomic mass is 16.8. The average Bonchev–Trinajstić information content (AvgIpc) is 2.72. The molecular formula is C15H15NO5. The zero-order chi connectivity index (χ0) is 14.6. The molecule has 6 nitrogen and oxygen atoms in total. The Morgan fingerprint density at radius 1 is 1.24 bits per heavy atom. The van der Waals surface area contributed by atoms with Crippen molar-refractivity contribution in [3.8, 4) is 0 Å². The van der Waals surface area contributed by atoms with E-state index in [1.807, 2.05) is 0 Å². The summed E-state index contributed by atoms with van der Waals surface area (Å²) in [6, 6.07) is 6.53. The predicted octanol–water partition coefficient (Wildman–Crippen LogP) is 0.959. The van der Waals surface area contributed by atoms with Crippen LogP contribution in [0.15, 0.2) is 24.3 Å². The number of carbonyl (C=O) groups is 2. The average molecular weight is 289 g/mol. The van der Waals surface area contributed by atoms with Crippen molar-refractivity contribution < 1.29 is 24.3 Å². The number of aliphatic hydroxyl groups is 1. The second-order valence-electron chi connectivity index (χ2n) is 6.06. The number of hydrogen-bond acceptors (Lipinski definition) is 5. The van der Waals surface area contributed by atoms with Crippen molar-refractivity contribution in [2.24, 2.45) is 11.3 Å². The normalized spacial score (nSPS) is 31.9. The van der Waals surface area contributed by atoms with Gasteiger partial charge in [0.15, 0.2) is 6.29 Å². The molecule has 0 radical (unpaired) electrons. The fourth-order valence-electron chi connectivity index (χ4n) is 3.50. The van der Waals surface area contributed by atoms with Crippen LogP contribution in [0.4, 0.5) is 0 Å². The quantitative estimate of drug-likeness (QED) is 0.662. The molecule has 1 aromatic carbocycles. The molecule has 3 heterocycles. The maximum absolute atomic E-state index is 12.2. The van der Waals surface area contributed by atoms with Crippen molar-refractivity contribution in [2.45, 2.75) is 19.1 Å². The zero-order valence-corrected chi connectivity index (χ0v) is 11.3. The SMILES string of the molecule is O=C1c2ccccc2C(=O)N1OC(O)C12COCC(C1)C2. The van der Waals surface area contributed by atoms with Gasteiger partial charge >= 0.3 is 0 Å². The molecule has 21 heavy (non-hydrogen) atoms. The van der Waals surface area contributed by atoms with Gasteiger partial charge in [0.05, 0.1) is 17.7 Å². The van der Waals surface area contributed by atoms with Gasteiger partial charge in [-0.1, -0.05) is 12.1 Å². The summed E-state index contributed by atoms with van der Waals surface area (Å²) in [7, 11) is 0. The highest BCUT2D eigenvalue weighted by Gasteiger charge is 2.55. The number of hydrogen-bond donors (Lipinski definition) is 1. The van der Waals surface area contributed by atoms with E-state index in [1.54, 1.807) is 24.3 Å². The molecule has 6 heteroatoms. The van der Waals surface area contributed by atoms with Gasteiger partial charge in [-0.25, -0.2) is 4.84 Å². The molecule has 1 N–H and O–H groups in total. The zero-order valence-electron chi connectivity index (χ0n) is 11.3. The molecule has 5 rings (SSSR count). The Bertz CT molecular complexity index is 582. The first kappa shape index (κ1) is 12.9. The van der Waals surface area contributed by atoms with Crippen LogP contribution < -0.4 is 0 Å². The number of fused-ring (bicyclic) bond motifs is 3. The van der Waals surface area contributed by atoms with Crippen LogP contribution >= 0.6 is 0 Å². The number of hydroxylamine groups is 2. The van der Waals surface area contributed by atoms with Crippen molar-refractivity contribution in [3.63, 3.8) is 0 Å². The Labute approximate surface area is 121 Å². The Morgan fingerprint density at radius 2 is 1.86 bits per heavy atom. The molecule has 110 valence electrons. The van der Waals surface area contributed by atoms with Gasteiger partial charge in [-0.05, 0) is 30.9 Å². The summed E-state index contributed by atoms with van der Waals surface area (Å²) >= 11 is 0. The van der Waals surface area contributed by atoms with Gasteiger partial charge in [-0.2, -0.15) is 0 Å². The summed E-state index contributed by atoms with van der Waals surface area (Å²) in [6.07, 6.45) is 0.394. The number of ether oxygens (including phenoxy) is 1. The summed E-state index contributed by atoms with van der Waals surface area (Å²) in [4.78, 5) is 29.7. The van der Waals surface area contributed by atoms with Crippen molar-refractivity contribution in [3.05, 3.63) is 35.4 Å². The summed E-state index contributed by atoms with van der Waals surface area (Å²) in [5, 5.41) is 11.0. The van der Waals surface area contributed by atoms with Gasteiger partial charge in [0.1, 0.15) is 0 Å². The van der Waals surface area contributed by atoms with E-state index in [0.717, 1.165) is 12.8 Å². The van der Waals surface area contributed by atoms with Crippen molar-refractivity contribution >= 4 is 11.8 Å². The topological polar surface area (TPSA) is 76.1 Å². The summed E-state index contributed by atoms with van der Waals surface area (Å²) in [5.41, 5.74) is 0.121. The van der Waals surface area contributed by atoms with E-state index in [2.05, 4.69) is 0 Å². The van der Waals surface area contributed by atoms with E-state index >= 15 is 0 Å². The van der Waals surface area contributed by atoms with Gasteiger partial charge < -0.3 is 9.84 Å². The van der Waals surface area contributed by atoms with Gasteiger partial charge in [0, 0.05) is 12.0 Å². The van der Waals surface area contributed by atoms with Crippen LogP contribution in [0.25, 0.3) is 0 Å². The first-order valence-corrected chi connectivity index (χ1v) is 7.01. The maximum Gasteiger partial charge on any atom is 0.285 e. The maximum atomic E-state index is 12.2. The Balaban J connectivity index is 1.53. The van der Waals surface area contributed by atoms with Crippen LogP contribution in [0.3, 0.4) is 0 Å². The van der Waals surface area contributed by atoms with E-state index in [-0.39, 0.29) is 0 Å². The monoisotopic (exact) mass is 289 g/mol. The molecule has 0 aromatic heterocycles. The number of rotatable bonds is 3. The number of amides is 2. The fraction of sp³-hybridized carbons (Fsp3) is 0.467. The molecule has 2 amide bonds. The number of benzene rings is 1. The lowest BCUT2D eigenvalue weighted by atomic mass is 9.60. The number of imide groups is 1. The molecule has 4 aliphatic rings. The summed E-state index contributed by atoms with van der Waals surface area (Å²) in [5.74, 6) is -0.614. The number of carbonyl (C=O) groups excluding carboxylic acids is 2. The van der Waals surface area contributed by atoms with Crippen LogP contribution in [0, 0.1) is 11.3 Å². The van der Waals surface area contributed by atoms with Crippen molar-refractivity contribution in [1.29, 1.82) is 0 Å². The van der Waals surface area contributed by atoms with Crippen LogP contribution in [0.5, 0.6) is 0 Å². The lowest BCUT2D eigenvalue weighted by molar-refractivity contribution is -0.311. The lowest BCUT2D eigenvalue weighted by Gasteiger charge is -2.53. The third-order valence-electron chi connectivity index (χ3n) is 4.62. The van der Waals surface area contributed by atoms with E-state index in [1.165, 1.54) is 0 Å². The molecule has 3 aliphatic heterocycles. The van der Waals surface area contributed by atoms with Gasteiger partial charge in [-0.15, -0.1) is 5.06 Å². The number of aliphatic hydroxyl groups excluding tert-OH is 1. The second-order valence-corrected chi connectivity index (χ2v) is 6.06. The highest BCUT2D eigenvalue weighted by molar-refractivity contribution is 6.20. The Hall–Kier alpha value is -1.76. The summed E-state index contributed by atoms with van der Waals surface area (Å²) in [6.45, 7) is 1.11. The van der Waals surface area contributed by atoms with Crippen molar-refractivity contribution in [2.75, 3.05) is 13.2 Å². The largest absolute Gasteiger partial charge is 0.380 e. The van der Waals surface area contributed by atoms with Gasteiger partial charge in [0.25, 0.3) is 11.8 Å². The van der Waals surface area contributed by atoms with E-state index in [9.17, 15) is 14.7 Å². The van der Waals surface area contributed by atoms with Crippen LogP contribution in [0.1, 0.15) is 33.6 Å². The molecule has 2 bridgehead atoms. The van der Waals surface area contributed by atoms with Gasteiger partial charge in [-0.3, -0.25) is 9.59 Å². The Morgan fingerprint density at radius 3 is 2.38 bits per heavy atom. The lowest BCUT2D eigenvalue weighted by Crippen LogP contribution is -2.57. The summed E-state index contributed by atoms with van der Waals surface area (Å²) < 4.78 is 5.41. The van der Waals surface area contributed by atoms with E-state index < -0.39 is 23.5 Å². The molecule has 3 fully saturated rings. The molecule has 1 unspecified atom stereocenters. The molecule has 1 aliphatic carbocycles.